The Morgan fingerprint density at radius 3 is 2.86 bits per heavy atom. The zero-order valence-electron chi connectivity index (χ0n) is 7.37. The van der Waals surface area contributed by atoms with Gasteiger partial charge < -0.3 is 10.5 Å². The summed E-state index contributed by atoms with van der Waals surface area (Å²) >= 11 is 5.75. The zero-order chi connectivity index (χ0) is 10.1. The molecule has 14 heavy (non-hydrogen) atoms. The summed E-state index contributed by atoms with van der Waals surface area (Å²) in [4.78, 5) is 12.7. The van der Waals surface area contributed by atoms with E-state index in [0.29, 0.717) is 29.5 Å². The Morgan fingerprint density at radius 1 is 1.50 bits per heavy atom. The molecule has 1 saturated heterocycles. The number of rotatable bonds is 1. The number of cyclic esters (lactones) is 1. The molecule has 74 valence electrons. The van der Waals surface area contributed by atoms with Gasteiger partial charge in [-0.2, -0.15) is 0 Å². The van der Waals surface area contributed by atoms with Gasteiger partial charge >= 0.3 is 6.09 Å². The van der Waals surface area contributed by atoms with E-state index in [1.54, 1.807) is 18.2 Å². The number of ether oxygens (including phenoxy) is 1. The Kier molecular flexibility index (Phi) is 2.21. The maximum absolute atomic E-state index is 11.2. The first-order valence-electron chi connectivity index (χ1n) is 4.18. The van der Waals surface area contributed by atoms with Crippen molar-refractivity contribution in [2.75, 3.05) is 23.8 Å². The van der Waals surface area contributed by atoms with Crippen LogP contribution < -0.4 is 10.6 Å². The molecule has 0 aliphatic carbocycles. The van der Waals surface area contributed by atoms with Gasteiger partial charge in [-0.3, -0.25) is 4.90 Å². The summed E-state index contributed by atoms with van der Waals surface area (Å²) in [6, 6.07) is 5.02. The number of nitrogens with zero attached hydrogens (tertiary/aromatic N) is 1. The van der Waals surface area contributed by atoms with Crippen LogP contribution in [0.2, 0.25) is 5.02 Å². The molecule has 0 spiro atoms. The van der Waals surface area contributed by atoms with Gasteiger partial charge in [-0.1, -0.05) is 11.6 Å². The fourth-order valence-corrected chi connectivity index (χ4v) is 1.56. The topological polar surface area (TPSA) is 55.6 Å². The van der Waals surface area contributed by atoms with Crippen LogP contribution in [0.15, 0.2) is 18.2 Å². The normalized spacial score (nSPS) is 15.8. The van der Waals surface area contributed by atoms with Crippen molar-refractivity contribution in [2.45, 2.75) is 0 Å². The molecule has 1 aromatic carbocycles. The van der Waals surface area contributed by atoms with Crippen LogP contribution in [0.1, 0.15) is 0 Å². The predicted molar refractivity (Wildman–Crippen MR) is 54.6 cm³/mol. The Morgan fingerprint density at radius 2 is 2.29 bits per heavy atom. The minimum atomic E-state index is -0.362. The number of hydrogen-bond donors (Lipinski definition) is 1. The summed E-state index contributed by atoms with van der Waals surface area (Å²) in [6.07, 6.45) is -0.362. The number of anilines is 2. The first kappa shape index (κ1) is 9.15. The predicted octanol–water partition coefficient (Wildman–Crippen LogP) is 1.88. The zero-order valence-corrected chi connectivity index (χ0v) is 8.12. The van der Waals surface area contributed by atoms with E-state index in [1.807, 2.05) is 0 Å². The molecule has 4 nitrogen and oxygen atoms in total. The second kappa shape index (κ2) is 3.38. The molecule has 2 rings (SSSR count). The molecule has 0 radical (unpaired) electrons. The molecular weight excluding hydrogens is 204 g/mol. The minimum Gasteiger partial charge on any atom is -0.447 e. The van der Waals surface area contributed by atoms with Crippen molar-refractivity contribution < 1.29 is 9.53 Å². The van der Waals surface area contributed by atoms with Crippen LogP contribution >= 0.6 is 11.6 Å². The Balaban J connectivity index is 2.36. The molecule has 1 aromatic rings. The number of halogens is 1. The molecule has 5 heteroatoms. The van der Waals surface area contributed by atoms with Crippen LogP contribution in [-0.4, -0.2) is 19.2 Å². The smallest absolute Gasteiger partial charge is 0.414 e. The van der Waals surface area contributed by atoms with Gasteiger partial charge in [0.15, 0.2) is 0 Å². The highest BCUT2D eigenvalue weighted by Gasteiger charge is 2.24. The summed E-state index contributed by atoms with van der Waals surface area (Å²) in [6.45, 7) is 0.936. The minimum absolute atomic E-state index is 0.362. The molecule has 2 N–H and O–H groups in total. The third-order valence-corrected chi connectivity index (χ3v) is 2.28. The molecule has 0 saturated carbocycles. The fourth-order valence-electron chi connectivity index (χ4n) is 1.38. The van der Waals surface area contributed by atoms with Gasteiger partial charge in [0, 0.05) is 5.02 Å². The quantitative estimate of drug-likeness (QED) is 0.724. The molecule has 1 fully saturated rings. The highest BCUT2D eigenvalue weighted by molar-refractivity contribution is 6.31. The molecule has 0 unspecified atom stereocenters. The Bertz CT molecular complexity index is 381. The summed E-state index contributed by atoms with van der Waals surface area (Å²) in [7, 11) is 0. The number of carbonyl (C=O) groups is 1. The Labute approximate surface area is 86.2 Å². The lowest BCUT2D eigenvalue weighted by Crippen LogP contribution is -2.24. The van der Waals surface area contributed by atoms with Gasteiger partial charge in [-0.15, -0.1) is 0 Å². The third kappa shape index (κ3) is 1.48. The van der Waals surface area contributed by atoms with E-state index in [1.165, 1.54) is 4.90 Å². The van der Waals surface area contributed by atoms with E-state index in [2.05, 4.69) is 0 Å². The molecule has 0 aromatic heterocycles. The van der Waals surface area contributed by atoms with Gasteiger partial charge in [-0.05, 0) is 18.2 Å². The summed E-state index contributed by atoms with van der Waals surface area (Å²) < 4.78 is 4.80. The number of benzene rings is 1. The van der Waals surface area contributed by atoms with Crippen LogP contribution in [0.25, 0.3) is 0 Å². The lowest BCUT2D eigenvalue weighted by molar-refractivity contribution is 0.181. The van der Waals surface area contributed by atoms with E-state index in [0.717, 1.165) is 0 Å². The standard InChI is InChI=1S/C9H9ClN2O2/c10-6-1-2-8(7(11)5-6)12-3-4-14-9(12)13/h1-2,5H,3-4,11H2. The second-order valence-corrected chi connectivity index (χ2v) is 3.41. The van der Waals surface area contributed by atoms with Crippen LogP contribution in [0.5, 0.6) is 0 Å². The average molecular weight is 213 g/mol. The lowest BCUT2D eigenvalue weighted by Gasteiger charge is -2.14. The highest BCUT2D eigenvalue weighted by atomic mass is 35.5. The number of nitrogen functional groups attached to an aromatic ring is 1. The number of carbonyl (C=O) groups excluding carboxylic acids is 1. The molecular formula is C9H9ClN2O2. The first-order valence-corrected chi connectivity index (χ1v) is 4.55. The second-order valence-electron chi connectivity index (χ2n) is 2.97. The molecule has 1 aliphatic rings. The number of amides is 1. The van der Waals surface area contributed by atoms with Crippen LogP contribution in [0.4, 0.5) is 16.2 Å². The fraction of sp³-hybridized carbons (Fsp3) is 0.222. The van der Waals surface area contributed by atoms with Crippen molar-refractivity contribution in [1.82, 2.24) is 0 Å². The molecule has 1 amide bonds. The van der Waals surface area contributed by atoms with Crippen molar-refractivity contribution in [3.63, 3.8) is 0 Å². The van der Waals surface area contributed by atoms with E-state index in [9.17, 15) is 4.79 Å². The lowest BCUT2D eigenvalue weighted by atomic mass is 10.2. The van der Waals surface area contributed by atoms with Crippen molar-refractivity contribution in [3.8, 4) is 0 Å². The van der Waals surface area contributed by atoms with E-state index < -0.39 is 0 Å². The molecule has 1 heterocycles. The monoisotopic (exact) mass is 212 g/mol. The largest absolute Gasteiger partial charge is 0.447 e. The third-order valence-electron chi connectivity index (χ3n) is 2.04. The van der Waals surface area contributed by atoms with Crippen LogP contribution in [-0.2, 0) is 4.74 Å². The van der Waals surface area contributed by atoms with Crippen LogP contribution in [0, 0.1) is 0 Å². The van der Waals surface area contributed by atoms with Crippen molar-refractivity contribution in [1.29, 1.82) is 0 Å². The average Bonchev–Trinajstić information content (AvgIpc) is 2.52. The van der Waals surface area contributed by atoms with E-state index in [-0.39, 0.29) is 6.09 Å². The van der Waals surface area contributed by atoms with Crippen molar-refractivity contribution in [2.24, 2.45) is 0 Å². The molecule has 1 aliphatic heterocycles. The van der Waals surface area contributed by atoms with Gasteiger partial charge in [-0.25, -0.2) is 4.79 Å². The van der Waals surface area contributed by atoms with Crippen molar-refractivity contribution >= 4 is 29.1 Å². The van der Waals surface area contributed by atoms with E-state index in [4.69, 9.17) is 22.1 Å². The van der Waals surface area contributed by atoms with Gasteiger partial charge in [0.1, 0.15) is 6.61 Å². The van der Waals surface area contributed by atoms with Crippen molar-refractivity contribution in [3.05, 3.63) is 23.2 Å². The number of hydrogen-bond acceptors (Lipinski definition) is 3. The van der Waals surface area contributed by atoms with Crippen LogP contribution in [0.3, 0.4) is 0 Å². The highest BCUT2D eigenvalue weighted by Crippen LogP contribution is 2.28. The first-order chi connectivity index (χ1) is 6.68. The summed E-state index contributed by atoms with van der Waals surface area (Å²) in [5.41, 5.74) is 6.86. The summed E-state index contributed by atoms with van der Waals surface area (Å²) in [5, 5.41) is 0.554. The molecule has 0 bridgehead atoms. The van der Waals surface area contributed by atoms with Gasteiger partial charge in [0.25, 0.3) is 0 Å². The number of nitrogens with two attached hydrogens (primary N) is 1. The van der Waals surface area contributed by atoms with E-state index >= 15 is 0 Å². The molecule has 0 atom stereocenters. The van der Waals surface area contributed by atoms with Gasteiger partial charge in [0.05, 0.1) is 17.9 Å². The SMILES string of the molecule is Nc1cc(Cl)ccc1N1CCOC1=O. The van der Waals surface area contributed by atoms with Gasteiger partial charge in [0.2, 0.25) is 0 Å². The Hall–Kier alpha value is -1.42. The maximum Gasteiger partial charge on any atom is 0.414 e. The maximum atomic E-state index is 11.2. The summed E-state index contributed by atoms with van der Waals surface area (Å²) in [5.74, 6) is 0.